The standard InChI is InChI=1S/C10H17N3O/c1-8(5-11)10(14)12-6-9-3-4-13(2)7-9/h8-9H,3-4,6-7H2,1-2H3,(H,12,14). The highest BCUT2D eigenvalue weighted by Gasteiger charge is 2.20. The molecule has 0 aromatic heterocycles. The third-order valence-corrected chi connectivity index (χ3v) is 2.64. The van der Waals surface area contributed by atoms with Gasteiger partial charge in [-0.05, 0) is 32.9 Å². The van der Waals surface area contributed by atoms with E-state index in [0.717, 1.165) is 19.5 Å². The first-order valence-corrected chi connectivity index (χ1v) is 4.99. The van der Waals surface area contributed by atoms with Crippen LogP contribution >= 0.6 is 0 Å². The van der Waals surface area contributed by atoms with Crippen molar-refractivity contribution in [3.8, 4) is 6.07 Å². The van der Waals surface area contributed by atoms with E-state index in [1.54, 1.807) is 6.92 Å². The van der Waals surface area contributed by atoms with Crippen LogP contribution in [0.25, 0.3) is 0 Å². The topological polar surface area (TPSA) is 56.1 Å². The molecule has 1 N–H and O–H groups in total. The molecule has 1 amide bonds. The lowest BCUT2D eigenvalue weighted by molar-refractivity contribution is -0.123. The Morgan fingerprint density at radius 1 is 1.79 bits per heavy atom. The van der Waals surface area contributed by atoms with Crippen molar-refractivity contribution < 1.29 is 4.79 Å². The molecule has 1 rings (SSSR count). The van der Waals surface area contributed by atoms with Gasteiger partial charge in [-0.1, -0.05) is 0 Å². The number of likely N-dealkylation sites (tertiary alicyclic amines) is 1. The van der Waals surface area contributed by atoms with Gasteiger partial charge in [0.1, 0.15) is 5.92 Å². The molecule has 14 heavy (non-hydrogen) atoms. The van der Waals surface area contributed by atoms with Gasteiger partial charge in [-0.25, -0.2) is 0 Å². The minimum Gasteiger partial charge on any atom is -0.355 e. The second kappa shape index (κ2) is 4.97. The summed E-state index contributed by atoms with van der Waals surface area (Å²) in [6.45, 7) is 4.47. The van der Waals surface area contributed by atoms with Crippen LogP contribution in [0.2, 0.25) is 0 Å². The summed E-state index contributed by atoms with van der Waals surface area (Å²) in [6, 6.07) is 1.93. The number of nitriles is 1. The second-order valence-electron chi connectivity index (χ2n) is 4.01. The van der Waals surface area contributed by atoms with Crippen molar-refractivity contribution in [3.05, 3.63) is 0 Å². The zero-order valence-corrected chi connectivity index (χ0v) is 8.79. The van der Waals surface area contributed by atoms with Gasteiger partial charge in [0, 0.05) is 13.1 Å². The predicted octanol–water partition coefficient (Wildman–Crippen LogP) is 0.214. The van der Waals surface area contributed by atoms with Gasteiger partial charge in [0.05, 0.1) is 6.07 Å². The summed E-state index contributed by atoms with van der Waals surface area (Å²) in [6.07, 6.45) is 1.14. The highest BCUT2D eigenvalue weighted by Crippen LogP contribution is 2.12. The fourth-order valence-corrected chi connectivity index (χ4v) is 1.65. The summed E-state index contributed by atoms with van der Waals surface area (Å²) in [4.78, 5) is 13.5. The average Bonchev–Trinajstić information content (AvgIpc) is 2.59. The maximum Gasteiger partial charge on any atom is 0.237 e. The normalized spacial score (nSPS) is 24.2. The van der Waals surface area contributed by atoms with Crippen LogP contribution in [0.1, 0.15) is 13.3 Å². The summed E-state index contributed by atoms with van der Waals surface area (Å²) in [5.41, 5.74) is 0. The molecule has 0 spiro atoms. The van der Waals surface area contributed by atoms with Crippen LogP contribution in [0.15, 0.2) is 0 Å². The van der Waals surface area contributed by atoms with Crippen LogP contribution in [0.3, 0.4) is 0 Å². The van der Waals surface area contributed by atoms with Gasteiger partial charge in [0.25, 0.3) is 0 Å². The van der Waals surface area contributed by atoms with E-state index >= 15 is 0 Å². The monoisotopic (exact) mass is 195 g/mol. The molecule has 0 aromatic carbocycles. The van der Waals surface area contributed by atoms with Crippen molar-refractivity contribution in [1.29, 1.82) is 5.26 Å². The van der Waals surface area contributed by atoms with E-state index in [4.69, 9.17) is 5.26 Å². The Balaban J connectivity index is 2.21. The van der Waals surface area contributed by atoms with Crippen LogP contribution in [0.5, 0.6) is 0 Å². The van der Waals surface area contributed by atoms with Gasteiger partial charge < -0.3 is 10.2 Å². The highest BCUT2D eigenvalue weighted by atomic mass is 16.1. The van der Waals surface area contributed by atoms with Crippen LogP contribution in [0.4, 0.5) is 0 Å². The molecule has 1 fully saturated rings. The number of nitrogens with zero attached hydrogens (tertiary/aromatic N) is 2. The number of amides is 1. The van der Waals surface area contributed by atoms with Gasteiger partial charge in [-0.15, -0.1) is 0 Å². The third-order valence-electron chi connectivity index (χ3n) is 2.64. The van der Waals surface area contributed by atoms with E-state index < -0.39 is 5.92 Å². The molecule has 0 saturated carbocycles. The Labute approximate surface area is 84.9 Å². The van der Waals surface area contributed by atoms with Crippen molar-refractivity contribution >= 4 is 5.91 Å². The second-order valence-corrected chi connectivity index (χ2v) is 4.01. The summed E-state index contributed by atoms with van der Waals surface area (Å²) in [5.74, 6) is -0.133. The lowest BCUT2D eigenvalue weighted by Gasteiger charge is -2.12. The first-order chi connectivity index (χ1) is 6.63. The van der Waals surface area contributed by atoms with E-state index in [9.17, 15) is 4.79 Å². The molecule has 1 aliphatic rings. The van der Waals surface area contributed by atoms with Gasteiger partial charge >= 0.3 is 0 Å². The van der Waals surface area contributed by atoms with E-state index in [1.807, 2.05) is 6.07 Å². The summed E-state index contributed by atoms with van der Waals surface area (Å²) >= 11 is 0. The Hall–Kier alpha value is -1.08. The minimum atomic E-state index is -0.533. The molecule has 1 aliphatic heterocycles. The number of nitrogens with one attached hydrogen (secondary N) is 1. The predicted molar refractivity (Wildman–Crippen MR) is 53.4 cm³/mol. The van der Waals surface area contributed by atoms with Gasteiger partial charge in [0.15, 0.2) is 0 Å². The first-order valence-electron chi connectivity index (χ1n) is 4.99. The largest absolute Gasteiger partial charge is 0.355 e. The van der Waals surface area contributed by atoms with E-state index in [-0.39, 0.29) is 5.91 Å². The molecule has 78 valence electrons. The zero-order valence-electron chi connectivity index (χ0n) is 8.79. The first kappa shape index (κ1) is 11.0. The average molecular weight is 195 g/mol. The van der Waals surface area contributed by atoms with Crippen molar-refractivity contribution in [3.63, 3.8) is 0 Å². The van der Waals surface area contributed by atoms with Crippen molar-refractivity contribution in [2.75, 3.05) is 26.7 Å². The Bertz CT molecular complexity index is 246. The smallest absolute Gasteiger partial charge is 0.237 e. The molecular formula is C10H17N3O. The van der Waals surface area contributed by atoms with Crippen molar-refractivity contribution in [2.24, 2.45) is 11.8 Å². The quantitative estimate of drug-likeness (QED) is 0.700. The molecule has 1 heterocycles. The highest BCUT2D eigenvalue weighted by molar-refractivity contribution is 5.80. The SMILES string of the molecule is CC(C#N)C(=O)NCC1CCN(C)C1. The molecular weight excluding hydrogens is 178 g/mol. The van der Waals surface area contributed by atoms with Gasteiger partial charge in [0.2, 0.25) is 5.91 Å². The summed E-state index contributed by atoms with van der Waals surface area (Å²) < 4.78 is 0. The van der Waals surface area contributed by atoms with Crippen LogP contribution in [-0.4, -0.2) is 37.5 Å². The molecule has 1 saturated heterocycles. The van der Waals surface area contributed by atoms with Crippen molar-refractivity contribution in [1.82, 2.24) is 10.2 Å². The molecule has 0 aliphatic carbocycles. The zero-order chi connectivity index (χ0) is 10.6. The summed E-state index contributed by atoms with van der Waals surface area (Å²) in [7, 11) is 2.08. The fraction of sp³-hybridized carbons (Fsp3) is 0.800. The molecule has 2 atom stereocenters. The van der Waals surface area contributed by atoms with Gasteiger partial charge in [-0.3, -0.25) is 4.79 Å². The van der Waals surface area contributed by atoms with Crippen molar-refractivity contribution in [2.45, 2.75) is 13.3 Å². The lowest BCUT2D eigenvalue weighted by atomic mass is 10.1. The molecule has 4 heteroatoms. The van der Waals surface area contributed by atoms with Crippen LogP contribution in [0, 0.1) is 23.2 Å². The minimum absolute atomic E-state index is 0.151. The number of rotatable bonds is 3. The van der Waals surface area contributed by atoms with E-state index in [2.05, 4.69) is 17.3 Å². The fourth-order valence-electron chi connectivity index (χ4n) is 1.65. The van der Waals surface area contributed by atoms with Crippen LogP contribution < -0.4 is 5.32 Å². The lowest BCUT2D eigenvalue weighted by Crippen LogP contribution is -2.33. The number of carbonyl (C=O) groups excluding carboxylic acids is 1. The van der Waals surface area contributed by atoms with Crippen LogP contribution in [-0.2, 0) is 4.79 Å². The summed E-state index contributed by atoms with van der Waals surface area (Å²) in [5, 5.41) is 11.3. The molecule has 0 aromatic rings. The number of hydrogen-bond donors (Lipinski definition) is 1. The number of hydrogen-bond acceptors (Lipinski definition) is 3. The number of carbonyl (C=O) groups is 1. The van der Waals surface area contributed by atoms with E-state index in [0.29, 0.717) is 12.5 Å². The Morgan fingerprint density at radius 3 is 3.00 bits per heavy atom. The molecule has 0 bridgehead atoms. The Morgan fingerprint density at radius 2 is 2.50 bits per heavy atom. The molecule has 4 nitrogen and oxygen atoms in total. The van der Waals surface area contributed by atoms with Gasteiger partial charge in [-0.2, -0.15) is 5.26 Å². The maximum absolute atomic E-state index is 11.3. The Kier molecular flexibility index (Phi) is 3.90. The molecule has 0 radical (unpaired) electrons. The maximum atomic E-state index is 11.3. The molecule has 2 unspecified atom stereocenters. The third kappa shape index (κ3) is 3.00. The van der Waals surface area contributed by atoms with E-state index in [1.165, 1.54) is 0 Å².